The minimum absolute atomic E-state index is 0.0707. The molecule has 0 saturated carbocycles. The van der Waals surface area contributed by atoms with Crippen molar-refractivity contribution in [3.8, 4) is 5.75 Å². The minimum atomic E-state index is -0.0707. The molecule has 2 N–H and O–H groups in total. The lowest BCUT2D eigenvalue weighted by atomic mass is 10.2. The summed E-state index contributed by atoms with van der Waals surface area (Å²) in [6, 6.07) is 8.11. The summed E-state index contributed by atoms with van der Waals surface area (Å²) >= 11 is 2.02. The molecule has 1 aliphatic heterocycles. The van der Waals surface area contributed by atoms with Gasteiger partial charge in [0.1, 0.15) is 12.4 Å². The Kier molecular flexibility index (Phi) is 6.21. The first-order valence-corrected chi connectivity index (χ1v) is 8.21. The van der Waals surface area contributed by atoms with Crippen molar-refractivity contribution in [1.82, 2.24) is 5.32 Å². The fourth-order valence-electron chi connectivity index (χ4n) is 2.20. The molecule has 1 fully saturated rings. The lowest BCUT2D eigenvalue weighted by Crippen LogP contribution is -2.36. The Labute approximate surface area is 124 Å². The van der Waals surface area contributed by atoms with Crippen molar-refractivity contribution >= 4 is 23.4 Å². The standard InChI is InChI=1S/C15H22N2O2S/c1-12(18)17-13-4-2-6-15(10-13)19-8-7-16-14-5-3-9-20-11-14/h2,4,6,10,14,16H,3,5,7-9,11H2,1H3,(H,17,18)/t14-/m0/s1. The third kappa shape index (κ3) is 5.43. The van der Waals surface area contributed by atoms with Crippen LogP contribution in [0.1, 0.15) is 19.8 Å². The molecule has 5 heteroatoms. The molecule has 110 valence electrons. The Bertz CT molecular complexity index is 434. The van der Waals surface area contributed by atoms with Crippen LogP contribution in [0, 0.1) is 0 Å². The van der Waals surface area contributed by atoms with Crippen LogP contribution < -0.4 is 15.4 Å². The van der Waals surface area contributed by atoms with Crippen molar-refractivity contribution in [3.63, 3.8) is 0 Å². The first kappa shape index (κ1) is 15.2. The Balaban J connectivity index is 1.69. The summed E-state index contributed by atoms with van der Waals surface area (Å²) in [6.07, 6.45) is 2.58. The summed E-state index contributed by atoms with van der Waals surface area (Å²) in [5.74, 6) is 3.22. The van der Waals surface area contributed by atoms with Gasteiger partial charge in [0.2, 0.25) is 5.91 Å². The van der Waals surface area contributed by atoms with E-state index in [0.717, 1.165) is 18.0 Å². The van der Waals surface area contributed by atoms with Crippen molar-refractivity contribution < 1.29 is 9.53 Å². The average Bonchev–Trinajstić information content (AvgIpc) is 2.44. The summed E-state index contributed by atoms with van der Waals surface area (Å²) in [6.45, 7) is 3.00. The summed E-state index contributed by atoms with van der Waals surface area (Å²) in [4.78, 5) is 11.0. The van der Waals surface area contributed by atoms with Gasteiger partial charge in [-0.05, 0) is 30.7 Å². The van der Waals surface area contributed by atoms with E-state index >= 15 is 0 Å². The second-order valence-electron chi connectivity index (χ2n) is 4.93. The predicted octanol–water partition coefficient (Wildman–Crippen LogP) is 2.51. The van der Waals surface area contributed by atoms with Gasteiger partial charge in [-0.3, -0.25) is 4.79 Å². The molecule has 1 saturated heterocycles. The van der Waals surface area contributed by atoms with Gasteiger partial charge in [-0.1, -0.05) is 6.07 Å². The molecule has 1 atom stereocenters. The SMILES string of the molecule is CC(=O)Nc1cccc(OCCN[C@H]2CCCSC2)c1. The number of hydrogen-bond donors (Lipinski definition) is 2. The quantitative estimate of drug-likeness (QED) is 0.792. The molecule has 0 spiro atoms. The number of rotatable bonds is 6. The zero-order valence-corrected chi connectivity index (χ0v) is 12.7. The van der Waals surface area contributed by atoms with Crippen molar-refractivity contribution in [2.45, 2.75) is 25.8 Å². The van der Waals surface area contributed by atoms with Crippen LogP contribution in [-0.2, 0) is 4.79 Å². The zero-order chi connectivity index (χ0) is 14.2. The molecule has 0 bridgehead atoms. The molecule has 1 aromatic carbocycles. The van der Waals surface area contributed by atoms with Crippen molar-refractivity contribution in [3.05, 3.63) is 24.3 Å². The minimum Gasteiger partial charge on any atom is -0.492 e. The number of carbonyl (C=O) groups is 1. The third-order valence-corrected chi connectivity index (χ3v) is 4.33. The van der Waals surface area contributed by atoms with Crippen LogP contribution in [0.3, 0.4) is 0 Å². The van der Waals surface area contributed by atoms with E-state index in [1.807, 2.05) is 36.0 Å². The highest BCUT2D eigenvalue weighted by Gasteiger charge is 2.12. The maximum atomic E-state index is 11.0. The summed E-state index contributed by atoms with van der Waals surface area (Å²) in [5, 5.41) is 6.27. The fourth-order valence-corrected chi connectivity index (χ4v) is 3.31. The Morgan fingerprint density at radius 1 is 1.50 bits per heavy atom. The van der Waals surface area contributed by atoms with Crippen LogP contribution in [0.5, 0.6) is 5.75 Å². The first-order chi connectivity index (χ1) is 9.74. The molecule has 1 heterocycles. The van der Waals surface area contributed by atoms with Gasteiger partial charge < -0.3 is 15.4 Å². The summed E-state index contributed by atoms with van der Waals surface area (Å²) in [5.41, 5.74) is 0.770. The number of carbonyl (C=O) groups excluding carboxylic acids is 1. The van der Waals surface area contributed by atoms with Crippen LogP contribution >= 0.6 is 11.8 Å². The molecular weight excluding hydrogens is 272 g/mol. The monoisotopic (exact) mass is 294 g/mol. The number of thioether (sulfide) groups is 1. The maximum Gasteiger partial charge on any atom is 0.221 e. The van der Waals surface area contributed by atoms with E-state index in [1.165, 1.54) is 31.3 Å². The van der Waals surface area contributed by atoms with E-state index in [9.17, 15) is 4.79 Å². The first-order valence-electron chi connectivity index (χ1n) is 7.05. The highest BCUT2D eigenvalue weighted by Crippen LogP contribution is 2.18. The van der Waals surface area contributed by atoms with Gasteiger partial charge in [0.25, 0.3) is 0 Å². The highest BCUT2D eigenvalue weighted by molar-refractivity contribution is 7.99. The van der Waals surface area contributed by atoms with Crippen molar-refractivity contribution in [2.24, 2.45) is 0 Å². The maximum absolute atomic E-state index is 11.0. The summed E-state index contributed by atoms with van der Waals surface area (Å²) < 4.78 is 5.70. The Morgan fingerprint density at radius 2 is 2.40 bits per heavy atom. The zero-order valence-electron chi connectivity index (χ0n) is 11.9. The number of amides is 1. The fraction of sp³-hybridized carbons (Fsp3) is 0.533. The highest BCUT2D eigenvalue weighted by atomic mass is 32.2. The van der Waals surface area contributed by atoms with Crippen LogP contribution in [-0.4, -0.2) is 36.6 Å². The Hall–Kier alpha value is -1.20. The molecule has 0 radical (unpaired) electrons. The second-order valence-corrected chi connectivity index (χ2v) is 6.08. The molecule has 0 aromatic heterocycles. The normalized spacial score (nSPS) is 18.6. The number of hydrogen-bond acceptors (Lipinski definition) is 4. The number of benzene rings is 1. The molecule has 1 aliphatic rings. The molecule has 0 aliphatic carbocycles. The van der Waals surface area contributed by atoms with Gasteiger partial charge in [0.15, 0.2) is 0 Å². The molecule has 4 nitrogen and oxygen atoms in total. The lowest BCUT2D eigenvalue weighted by Gasteiger charge is -2.22. The van der Waals surface area contributed by atoms with Gasteiger partial charge in [-0.25, -0.2) is 0 Å². The van der Waals surface area contributed by atoms with Gasteiger partial charge in [0.05, 0.1) is 0 Å². The topological polar surface area (TPSA) is 50.4 Å². The van der Waals surface area contributed by atoms with Crippen LogP contribution in [0.2, 0.25) is 0 Å². The molecule has 2 rings (SSSR count). The van der Waals surface area contributed by atoms with Gasteiger partial charge in [0, 0.05) is 37.0 Å². The molecule has 20 heavy (non-hydrogen) atoms. The van der Waals surface area contributed by atoms with Gasteiger partial charge in [-0.15, -0.1) is 0 Å². The van der Waals surface area contributed by atoms with Crippen molar-refractivity contribution in [2.75, 3.05) is 30.0 Å². The molecule has 1 aromatic rings. The number of ether oxygens (including phenoxy) is 1. The van der Waals surface area contributed by atoms with Crippen LogP contribution in [0.4, 0.5) is 5.69 Å². The van der Waals surface area contributed by atoms with Crippen LogP contribution in [0.25, 0.3) is 0 Å². The van der Waals surface area contributed by atoms with Crippen LogP contribution in [0.15, 0.2) is 24.3 Å². The molecule has 1 amide bonds. The van der Waals surface area contributed by atoms with E-state index in [2.05, 4.69) is 10.6 Å². The van der Waals surface area contributed by atoms with Gasteiger partial charge in [-0.2, -0.15) is 11.8 Å². The van der Waals surface area contributed by atoms with E-state index in [-0.39, 0.29) is 5.91 Å². The van der Waals surface area contributed by atoms with E-state index in [1.54, 1.807) is 0 Å². The molecule has 0 unspecified atom stereocenters. The smallest absolute Gasteiger partial charge is 0.221 e. The Morgan fingerprint density at radius 3 is 3.15 bits per heavy atom. The van der Waals surface area contributed by atoms with E-state index < -0.39 is 0 Å². The van der Waals surface area contributed by atoms with Gasteiger partial charge >= 0.3 is 0 Å². The predicted molar refractivity (Wildman–Crippen MR) is 84.6 cm³/mol. The number of nitrogens with one attached hydrogen (secondary N) is 2. The number of anilines is 1. The second kappa shape index (κ2) is 8.17. The molecular formula is C15H22N2O2S. The largest absolute Gasteiger partial charge is 0.492 e. The lowest BCUT2D eigenvalue weighted by molar-refractivity contribution is -0.114. The summed E-state index contributed by atoms with van der Waals surface area (Å²) in [7, 11) is 0. The third-order valence-electron chi connectivity index (χ3n) is 3.12. The van der Waals surface area contributed by atoms with E-state index in [4.69, 9.17) is 4.74 Å². The average molecular weight is 294 g/mol. The van der Waals surface area contributed by atoms with Crippen molar-refractivity contribution in [1.29, 1.82) is 0 Å². The van der Waals surface area contributed by atoms with E-state index in [0.29, 0.717) is 12.6 Å².